The van der Waals surface area contributed by atoms with Crippen LogP contribution in [0.25, 0.3) is 38.9 Å². The van der Waals surface area contributed by atoms with Crippen LogP contribution in [0.2, 0.25) is 5.02 Å². The molecule has 5 aromatic rings. The number of likely N-dealkylation sites (N-methyl/N-ethyl adjacent to an activating group) is 1. The summed E-state index contributed by atoms with van der Waals surface area (Å²) < 4.78 is 25.1. The second kappa shape index (κ2) is 11.1. The van der Waals surface area contributed by atoms with E-state index >= 15 is 4.39 Å². The summed E-state index contributed by atoms with van der Waals surface area (Å²) in [5, 5.41) is 12.8. The molecule has 3 aromatic carbocycles. The van der Waals surface area contributed by atoms with Crippen molar-refractivity contribution < 1.29 is 14.2 Å². The minimum absolute atomic E-state index is 0.0251. The Balaban J connectivity index is 1.37. The van der Waals surface area contributed by atoms with Crippen molar-refractivity contribution in [3.8, 4) is 22.9 Å². The highest BCUT2D eigenvalue weighted by Gasteiger charge is 2.27. The molecule has 8 nitrogen and oxygen atoms in total. The molecule has 0 radical (unpaired) electrons. The number of aromatic hydroxyl groups is 1. The summed E-state index contributed by atoms with van der Waals surface area (Å²) >= 11 is 6.87. The van der Waals surface area contributed by atoms with Crippen LogP contribution in [0.5, 0.6) is 11.8 Å². The van der Waals surface area contributed by atoms with Gasteiger partial charge in [0.25, 0.3) is 0 Å². The van der Waals surface area contributed by atoms with Crippen molar-refractivity contribution >= 4 is 45.2 Å². The molecule has 43 heavy (non-hydrogen) atoms. The van der Waals surface area contributed by atoms with Gasteiger partial charge in [0.05, 0.1) is 23.5 Å². The number of hydrogen-bond acceptors (Lipinski definition) is 7. The Morgan fingerprint density at radius 2 is 1.98 bits per heavy atom. The number of fused-ring (bicyclic) bond motifs is 3. The first-order chi connectivity index (χ1) is 20.9. The lowest BCUT2D eigenvalue weighted by atomic mass is 9.96. The Kier molecular flexibility index (Phi) is 7.15. The lowest BCUT2D eigenvalue weighted by Gasteiger charge is -2.32. The van der Waals surface area contributed by atoms with E-state index in [1.165, 1.54) is 6.42 Å². The molecule has 1 saturated heterocycles. The first-order valence-corrected chi connectivity index (χ1v) is 15.0. The van der Waals surface area contributed by atoms with Gasteiger partial charge in [-0.1, -0.05) is 48.9 Å². The molecule has 220 valence electrons. The van der Waals surface area contributed by atoms with Gasteiger partial charge in [0, 0.05) is 30.1 Å². The number of benzene rings is 3. The predicted molar refractivity (Wildman–Crippen MR) is 168 cm³/mol. The zero-order valence-electron chi connectivity index (χ0n) is 23.9. The number of hydrogen-bond donors (Lipinski definition) is 1. The molecule has 10 heteroatoms. The Morgan fingerprint density at radius 1 is 1.12 bits per heavy atom. The average Bonchev–Trinajstić information content (AvgIpc) is 3.43. The zero-order chi connectivity index (χ0) is 29.7. The van der Waals surface area contributed by atoms with E-state index in [1.54, 1.807) is 24.3 Å². The minimum Gasteiger partial charge on any atom is -0.508 e. The molecule has 0 saturated carbocycles. The molecule has 7 rings (SSSR count). The number of likely N-dealkylation sites (tertiary alicyclic amines) is 1. The third-order valence-corrected chi connectivity index (χ3v) is 8.98. The van der Waals surface area contributed by atoms with Crippen molar-refractivity contribution in [1.82, 2.24) is 24.4 Å². The molecule has 2 aromatic heterocycles. The quantitative estimate of drug-likeness (QED) is 0.234. The van der Waals surface area contributed by atoms with Crippen LogP contribution in [0.3, 0.4) is 0 Å². The molecule has 0 amide bonds. The van der Waals surface area contributed by atoms with Gasteiger partial charge in [-0.2, -0.15) is 9.97 Å². The van der Waals surface area contributed by atoms with Gasteiger partial charge in [-0.05, 0) is 67.0 Å². The molecular formula is C33H32ClFN6O2. The van der Waals surface area contributed by atoms with Gasteiger partial charge in [-0.15, -0.1) is 0 Å². The topological polar surface area (TPSA) is 79.5 Å². The standard InChI is InChI=1S/C33H32ClFN6O2/c1-3-28-36-17-22-18-40(12-13-41(22)28)32-26-16-27(34)29(25-15-23(42)14-20-8-4-5-10-24(20)25)30(35)31(26)37-33(38-32)43-19-21-9-6-7-11-39(21)2/h3-5,8,10,14-17,21,42H,1,6-7,9,11-13,18-19H2,2H3. The van der Waals surface area contributed by atoms with Gasteiger partial charge in [0.1, 0.15) is 29.5 Å². The summed E-state index contributed by atoms with van der Waals surface area (Å²) in [6.45, 7) is 7.12. The summed E-state index contributed by atoms with van der Waals surface area (Å²) in [4.78, 5) is 18.3. The second-order valence-electron chi connectivity index (χ2n) is 11.3. The first kappa shape index (κ1) is 27.6. The van der Waals surface area contributed by atoms with Crippen LogP contribution in [-0.4, -0.2) is 62.3 Å². The molecule has 0 bridgehead atoms. The number of halogens is 2. The smallest absolute Gasteiger partial charge is 0.319 e. The monoisotopic (exact) mass is 598 g/mol. The summed E-state index contributed by atoms with van der Waals surface area (Å²) in [5.41, 5.74) is 1.80. The van der Waals surface area contributed by atoms with Crippen LogP contribution < -0.4 is 9.64 Å². The highest BCUT2D eigenvalue weighted by Crippen LogP contribution is 2.42. The molecule has 0 aliphatic carbocycles. The van der Waals surface area contributed by atoms with Crippen LogP contribution in [0.1, 0.15) is 30.8 Å². The molecule has 2 aliphatic heterocycles. The number of nitrogens with zero attached hydrogens (tertiary/aromatic N) is 6. The molecule has 1 unspecified atom stereocenters. The largest absolute Gasteiger partial charge is 0.508 e. The molecular weight excluding hydrogens is 567 g/mol. The van der Waals surface area contributed by atoms with Crippen LogP contribution in [-0.2, 0) is 13.1 Å². The van der Waals surface area contributed by atoms with E-state index in [2.05, 4.69) is 38.0 Å². The van der Waals surface area contributed by atoms with Crippen LogP contribution in [0, 0.1) is 5.82 Å². The predicted octanol–water partition coefficient (Wildman–Crippen LogP) is 6.67. The van der Waals surface area contributed by atoms with E-state index in [9.17, 15) is 5.11 Å². The molecule has 2 aliphatic rings. The number of aromatic nitrogens is 4. The summed E-state index contributed by atoms with van der Waals surface area (Å²) in [6.07, 6.45) is 6.92. The van der Waals surface area contributed by atoms with Crippen molar-refractivity contribution in [3.05, 3.63) is 77.6 Å². The third-order valence-electron chi connectivity index (χ3n) is 8.68. The van der Waals surface area contributed by atoms with E-state index in [0.29, 0.717) is 43.0 Å². The number of rotatable bonds is 6. The van der Waals surface area contributed by atoms with Gasteiger partial charge in [0.2, 0.25) is 0 Å². The number of phenols is 1. The van der Waals surface area contributed by atoms with Crippen molar-refractivity contribution in [2.24, 2.45) is 0 Å². The van der Waals surface area contributed by atoms with Gasteiger partial charge in [0.15, 0.2) is 5.82 Å². The molecule has 1 N–H and O–H groups in total. The molecule has 1 atom stereocenters. The molecule has 4 heterocycles. The van der Waals surface area contributed by atoms with E-state index in [-0.39, 0.29) is 33.9 Å². The van der Waals surface area contributed by atoms with Crippen molar-refractivity contribution in [3.63, 3.8) is 0 Å². The van der Waals surface area contributed by atoms with Crippen LogP contribution in [0.15, 0.2) is 55.2 Å². The van der Waals surface area contributed by atoms with E-state index in [1.807, 2.05) is 30.5 Å². The number of anilines is 1. The van der Waals surface area contributed by atoms with Crippen molar-refractivity contribution in [2.45, 2.75) is 38.4 Å². The summed E-state index contributed by atoms with van der Waals surface area (Å²) in [7, 11) is 2.10. The number of ether oxygens (including phenoxy) is 1. The lowest BCUT2D eigenvalue weighted by molar-refractivity contribution is 0.120. The minimum atomic E-state index is -0.586. The fraction of sp³-hybridized carbons (Fsp3) is 0.303. The Hall–Kier alpha value is -4.21. The summed E-state index contributed by atoms with van der Waals surface area (Å²) in [6, 6.07) is 12.8. The Labute approximate surface area is 254 Å². The van der Waals surface area contributed by atoms with E-state index in [4.69, 9.17) is 21.3 Å². The van der Waals surface area contributed by atoms with E-state index < -0.39 is 5.82 Å². The van der Waals surface area contributed by atoms with Crippen LogP contribution >= 0.6 is 11.6 Å². The van der Waals surface area contributed by atoms with Crippen LogP contribution in [0.4, 0.5) is 10.2 Å². The third kappa shape index (κ3) is 4.96. The normalized spacial score (nSPS) is 17.4. The summed E-state index contributed by atoms with van der Waals surface area (Å²) in [5.74, 6) is 0.812. The average molecular weight is 599 g/mol. The van der Waals surface area contributed by atoms with Gasteiger partial charge in [-0.25, -0.2) is 9.37 Å². The second-order valence-corrected chi connectivity index (χ2v) is 11.7. The maximum atomic E-state index is 16.8. The fourth-order valence-electron chi connectivity index (χ4n) is 6.39. The molecule has 1 fully saturated rings. The number of piperidine rings is 1. The fourth-order valence-corrected chi connectivity index (χ4v) is 6.68. The maximum absolute atomic E-state index is 16.8. The number of phenolic OH excluding ortho intramolecular Hbond substituents is 1. The van der Waals surface area contributed by atoms with Gasteiger partial charge >= 0.3 is 6.01 Å². The SMILES string of the molecule is C=Cc1ncc2n1CCN(c1nc(OCC3CCCCN3C)nc3c(F)c(-c4cc(O)cc5ccccc45)c(Cl)cc13)C2. The first-order valence-electron chi connectivity index (χ1n) is 14.6. The Morgan fingerprint density at radius 3 is 2.81 bits per heavy atom. The molecule has 0 spiro atoms. The van der Waals surface area contributed by atoms with Crippen molar-refractivity contribution in [1.29, 1.82) is 0 Å². The van der Waals surface area contributed by atoms with Crippen molar-refractivity contribution in [2.75, 3.05) is 31.6 Å². The highest BCUT2D eigenvalue weighted by atomic mass is 35.5. The lowest BCUT2D eigenvalue weighted by Crippen LogP contribution is -2.40. The van der Waals surface area contributed by atoms with Gasteiger partial charge in [-0.3, -0.25) is 0 Å². The van der Waals surface area contributed by atoms with Gasteiger partial charge < -0.3 is 24.2 Å². The van der Waals surface area contributed by atoms with E-state index in [0.717, 1.165) is 41.7 Å². The Bertz CT molecular complexity index is 1870. The highest BCUT2D eigenvalue weighted by molar-refractivity contribution is 6.35. The number of imidazole rings is 1. The zero-order valence-corrected chi connectivity index (χ0v) is 24.7. The maximum Gasteiger partial charge on any atom is 0.319 e.